The summed E-state index contributed by atoms with van der Waals surface area (Å²) in [5.74, 6) is 0.0191. The zero-order chi connectivity index (χ0) is 13.1. The third-order valence-electron chi connectivity index (χ3n) is 2.80. The maximum atomic E-state index is 12.4. The third-order valence-corrected chi connectivity index (χ3v) is 3.70. The van der Waals surface area contributed by atoms with Crippen molar-refractivity contribution in [3.05, 3.63) is 63.2 Å². The van der Waals surface area contributed by atoms with Crippen LogP contribution in [0.3, 0.4) is 0 Å². The Morgan fingerprint density at radius 1 is 1.11 bits per heavy atom. The standard InChI is InChI=1S/C15H14INO/c1-11-8-9-13(14(16)10-11)15(18)17(2)12-6-4-3-5-7-12/h3-10H,1-2H3. The molecule has 2 nitrogen and oxygen atoms in total. The smallest absolute Gasteiger partial charge is 0.259 e. The topological polar surface area (TPSA) is 20.3 Å². The first-order valence-corrected chi connectivity index (χ1v) is 6.77. The van der Waals surface area contributed by atoms with Gasteiger partial charge in [0.15, 0.2) is 0 Å². The number of carbonyl (C=O) groups is 1. The number of halogens is 1. The summed E-state index contributed by atoms with van der Waals surface area (Å²) in [5, 5.41) is 0. The average Bonchev–Trinajstić information content (AvgIpc) is 2.38. The van der Waals surface area contributed by atoms with Crippen LogP contribution in [0.25, 0.3) is 0 Å². The van der Waals surface area contributed by atoms with E-state index < -0.39 is 0 Å². The van der Waals surface area contributed by atoms with E-state index in [0.29, 0.717) is 0 Å². The van der Waals surface area contributed by atoms with Crippen LogP contribution in [0.5, 0.6) is 0 Å². The van der Waals surface area contributed by atoms with Crippen molar-refractivity contribution in [2.75, 3.05) is 11.9 Å². The molecular weight excluding hydrogens is 337 g/mol. The van der Waals surface area contributed by atoms with E-state index in [4.69, 9.17) is 0 Å². The number of rotatable bonds is 2. The maximum Gasteiger partial charge on any atom is 0.259 e. The molecule has 2 aromatic carbocycles. The summed E-state index contributed by atoms with van der Waals surface area (Å²) < 4.78 is 0.986. The second-order valence-corrected chi connectivity index (χ2v) is 5.35. The lowest BCUT2D eigenvalue weighted by molar-refractivity contribution is 0.0992. The van der Waals surface area contributed by atoms with Gasteiger partial charge in [0.25, 0.3) is 5.91 Å². The number of carbonyl (C=O) groups excluding carboxylic acids is 1. The SMILES string of the molecule is Cc1ccc(C(=O)N(C)c2ccccc2)c(I)c1. The lowest BCUT2D eigenvalue weighted by Gasteiger charge is -2.18. The van der Waals surface area contributed by atoms with Crippen molar-refractivity contribution in [3.63, 3.8) is 0 Å². The van der Waals surface area contributed by atoms with Crippen molar-refractivity contribution < 1.29 is 4.79 Å². The first kappa shape index (κ1) is 13.1. The number of anilines is 1. The quantitative estimate of drug-likeness (QED) is 0.752. The lowest BCUT2D eigenvalue weighted by atomic mass is 10.1. The Balaban J connectivity index is 2.32. The number of nitrogens with zero attached hydrogens (tertiary/aromatic N) is 1. The number of aryl methyl sites for hydroxylation is 1. The molecule has 18 heavy (non-hydrogen) atoms. The molecule has 0 spiro atoms. The monoisotopic (exact) mass is 351 g/mol. The summed E-state index contributed by atoms with van der Waals surface area (Å²) in [5.41, 5.74) is 2.81. The van der Waals surface area contributed by atoms with Crippen LogP contribution >= 0.6 is 22.6 Å². The van der Waals surface area contributed by atoms with Gasteiger partial charge in [0, 0.05) is 16.3 Å². The van der Waals surface area contributed by atoms with Crippen molar-refractivity contribution in [1.82, 2.24) is 0 Å². The third kappa shape index (κ3) is 2.72. The van der Waals surface area contributed by atoms with E-state index in [9.17, 15) is 4.79 Å². The normalized spacial score (nSPS) is 10.2. The molecule has 0 bridgehead atoms. The summed E-state index contributed by atoms with van der Waals surface area (Å²) >= 11 is 2.21. The predicted molar refractivity (Wildman–Crippen MR) is 83.1 cm³/mol. The summed E-state index contributed by atoms with van der Waals surface area (Å²) in [6, 6.07) is 15.5. The van der Waals surface area contributed by atoms with Crippen LogP contribution in [0.4, 0.5) is 5.69 Å². The van der Waals surface area contributed by atoms with Crippen molar-refractivity contribution >= 4 is 34.2 Å². The summed E-state index contributed by atoms with van der Waals surface area (Å²) in [7, 11) is 1.80. The molecule has 0 saturated heterocycles. The van der Waals surface area contributed by atoms with E-state index in [2.05, 4.69) is 22.6 Å². The van der Waals surface area contributed by atoms with Crippen LogP contribution < -0.4 is 4.90 Å². The fraction of sp³-hybridized carbons (Fsp3) is 0.133. The first-order chi connectivity index (χ1) is 8.59. The van der Waals surface area contributed by atoms with Gasteiger partial charge in [-0.15, -0.1) is 0 Å². The largest absolute Gasteiger partial charge is 0.311 e. The second-order valence-electron chi connectivity index (χ2n) is 4.18. The maximum absolute atomic E-state index is 12.4. The molecule has 0 saturated carbocycles. The Morgan fingerprint density at radius 2 is 1.78 bits per heavy atom. The van der Waals surface area contributed by atoms with Gasteiger partial charge in [-0.1, -0.05) is 29.8 Å². The van der Waals surface area contributed by atoms with Gasteiger partial charge in [-0.2, -0.15) is 0 Å². The number of hydrogen-bond acceptors (Lipinski definition) is 1. The van der Waals surface area contributed by atoms with E-state index in [-0.39, 0.29) is 5.91 Å². The highest BCUT2D eigenvalue weighted by atomic mass is 127. The summed E-state index contributed by atoms with van der Waals surface area (Å²) in [6.45, 7) is 2.03. The first-order valence-electron chi connectivity index (χ1n) is 5.69. The van der Waals surface area contributed by atoms with Gasteiger partial charge < -0.3 is 4.90 Å². The molecule has 0 heterocycles. The van der Waals surface area contributed by atoms with E-state index in [1.54, 1.807) is 11.9 Å². The molecule has 0 fully saturated rings. The molecule has 0 aliphatic rings. The molecule has 0 N–H and O–H groups in total. The molecule has 3 heteroatoms. The van der Waals surface area contributed by atoms with Gasteiger partial charge in [0.05, 0.1) is 5.56 Å². The van der Waals surface area contributed by atoms with Crippen molar-refractivity contribution in [2.24, 2.45) is 0 Å². The number of benzene rings is 2. The molecule has 0 aromatic heterocycles. The van der Waals surface area contributed by atoms with Gasteiger partial charge in [0.2, 0.25) is 0 Å². The van der Waals surface area contributed by atoms with Crippen LogP contribution in [0, 0.1) is 10.5 Å². The minimum Gasteiger partial charge on any atom is -0.311 e. The molecule has 2 aromatic rings. The van der Waals surface area contributed by atoms with Crippen LogP contribution in [-0.4, -0.2) is 13.0 Å². The van der Waals surface area contributed by atoms with Crippen molar-refractivity contribution in [3.8, 4) is 0 Å². The Morgan fingerprint density at radius 3 is 2.39 bits per heavy atom. The minimum absolute atomic E-state index is 0.0191. The van der Waals surface area contributed by atoms with Gasteiger partial charge in [0.1, 0.15) is 0 Å². The molecule has 0 aliphatic heterocycles. The highest BCUT2D eigenvalue weighted by Crippen LogP contribution is 2.19. The number of hydrogen-bond donors (Lipinski definition) is 0. The Hall–Kier alpha value is -1.36. The summed E-state index contributed by atoms with van der Waals surface area (Å²) in [6.07, 6.45) is 0. The Kier molecular flexibility index (Phi) is 4.01. The van der Waals surface area contributed by atoms with E-state index >= 15 is 0 Å². The van der Waals surface area contributed by atoms with Crippen LogP contribution in [0.2, 0.25) is 0 Å². The molecular formula is C15H14INO. The number of amides is 1. The molecule has 0 unspecified atom stereocenters. The number of para-hydroxylation sites is 1. The fourth-order valence-electron chi connectivity index (χ4n) is 1.74. The van der Waals surface area contributed by atoms with E-state index in [0.717, 1.165) is 14.8 Å². The van der Waals surface area contributed by atoms with Gasteiger partial charge in [-0.3, -0.25) is 4.79 Å². The molecule has 92 valence electrons. The summed E-state index contributed by atoms with van der Waals surface area (Å²) in [4.78, 5) is 14.1. The zero-order valence-corrected chi connectivity index (χ0v) is 12.5. The van der Waals surface area contributed by atoms with Crippen LogP contribution in [0.1, 0.15) is 15.9 Å². The van der Waals surface area contributed by atoms with Gasteiger partial charge in [-0.25, -0.2) is 0 Å². The minimum atomic E-state index is 0.0191. The zero-order valence-electron chi connectivity index (χ0n) is 10.4. The lowest BCUT2D eigenvalue weighted by Crippen LogP contribution is -2.26. The predicted octanol–water partition coefficient (Wildman–Crippen LogP) is 3.88. The van der Waals surface area contributed by atoms with Crippen LogP contribution in [0.15, 0.2) is 48.5 Å². The molecule has 0 radical (unpaired) electrons. The second kappa shape index (κ2) is 5.52. The van der Waals surface area contributed by atoms with Gasteiger partial charge >= 0.3 is 0 Å². The molecule has 1 amide bonds. The molecule has 2 rings (SSSR count). The average molecular weight is 351 g/mol. The molecule has 0 atom stereocenters. The van der Waals surface area contributed by atoms with Crippen molar-refractivity contribution in [2.45, 2.75) is 6.92 Å². The van der Waals surface area contributed by atoms with E-state index in [1.807, 2.05) is 55.5 Å². The highest BCUT2D eigenvalue weighted by Gasteiger charge is 2.15. The van der Waals surface area contributed by atoms with E-state index in [1.165, 1.54) is 5.56 Å². The van der Waals surface area contributed by atoms with Gasteiger partial charge in [-0.05, 0) is 53.8 Å². The highest BCUT2D eigenvalue weighted by molar-refractivity contribution is 14.1. The Bertz CT molecular complexity index is 566. The fourth-order valence-corrected chi connectivity index (χ4v) is 2.64. The molecule has 0 aliphatic carbocycles. The van der Waals surface area contributed by atoms with Crippen LogP contribution in [-0.2, 0) is 0 Å². The Labute approximate surface area is 121 Å². The van der Waals surface area contributed by atoms with Crippen molar-refractivity contribution in [1.29, 1.82) is 0 Å².